The zero-order valence-electron chi connectivity index (χ0n) is 16.5. The number of nitrogens with one attached hydrogen (secondary N) is 1. The molecular formula is C17H38N4O4. The van der Waals surface area contributed by atoms with Crippen LogP contribution in [0, 0.1) is 0 Å². The van der Waals surface area contributed by atoms with Crippen molar-refractivity contribution in [2.45, 2.75) is 50.6 Å². The number of aliphatic carboxylic acids is 2. The lowest BCUT2D eigenvalue weighted by Gasteiger charge is -2.19. The van der Waals surface area contributed by atoms with Crippen LogP contribution in [0.1, 0.15) is 38.5 Å². The van der Waals surface area contributed by atoms with Crippen molar-refractivity contribution in [1.82, 2.24) is 15.1 Å². The summed E-state index contributed by atoms with van der Waals surface area (Å²) < 4.78 is 0. The van der Waals surface area contributed by atoms with E-state index >= 15 is 0 Å². The fourth-order valence-corrected chi connectivity index (χ4v) is 2.33. The second-order valence-corrected chi connectivity index (χ2v) is 6.52. The Balaban J connectivity index is 0. The molecule has 0 amide bonds. The summed E-state index contributed by atoms with van der Waals surface area (Å²) in [5, 5.41) is 20.7. The zero-order valence-corrected chi connectivity index (χ0v) is 16.5. The van der Waals surface area contributed by atoms with Gasteiger partial charge in [-0.25, -0.2) is 0 Å². The Hall–Kier alpha value is -1.22. The first kappa shape index (κ1) is 26.0. The molecule has 25 heavy (non-hydrogen) atoms. The Morgan fingerprint density at radius 2 is 1.28 bits per heavy atom. The predicted octanol–water partition coefficient (Wildman–Crippen LogP) is 0.521. The van der Waals surface area contributed by atoms with E-state index < -0.39 is 11.9 Å². The molecule has 0 rings (SSSR count). The quantitative estimate of drug-likeness (QED) is 0.350. The second kappa shape index (κ2) is 16.3. The molecule has 8 heteroatoms. The standard InChI is InChI=1S/C9H20N2O2.C8H18N2O2/c1-10-7-5-4-6-8(9(12)13)11(2)3;1-10(2)7(8(11)12)5-3-4-6-9/h8,10H,4-7H2,1-3H3,(H,12,13);7H,3-6,9H2,1-2H3,(H,11,12)/t8-;7-/m00/s1. The molecule has 0 radical (unpaired) electrons. The number of carbonyl (C=O) groups is 2. The number of carboxylic acids is 2. The molecule has 0 saturated heterocycles. The van der Waals surface area contributed by atoms with E-state index in [4.69, 9.17) is 15.9 Å². The van der Waals surface area contributed by atoms with Crippen LogP contribution < -0.4 is 11.1 Å². The third kappa shape index (κ3) is 14.8. The van der Waals surface area contributed by atoms with Gasteiger partial charge in [-0.1, -0.05) is 12.8 Å². The first-order valence-corrected chi connectivity index (χ1v) is 8.82. The maximum absolute atomic E-state index is 10.7. The Morgan fingerprint density at radius 3 is 1.56 bits per heavy atom. The molecule has 0 unspecified atom stereocenters. The number of nitrogens with two attached hydrogens (primary N) is 1. The van der Waals surface area contributed by atoms with Crippen LogP contribution in [-0.2, 0) is 9.59 Å². The number of unbranched alkanes of at least 4 members (excludes halogenated alkanes) is 2. The lowest BCUT2D eigenvalue weighted by atomic mass is 10.1. The summed E-state index contributed by atoms with van der Waals surface area (Å²) in [6.07, 6.45) is 5.18. The van der Waals surface area contributed by atoms with Crippen LogP contribution in [0.2, 0.25) is 0 Å². The molecule has 0 aromatic heterocycles. The number of likely N-dealkylation sites (N-methyl/N-ethyl adjacent to an activating group) is 2. The van der Waals surface area contributed by atoms with Gasteiger partial charge in [-0.05, 0) is 74.0 Å². The first-order chi connectivity index (χ1) is 11.7. The molecule has 150 valence electrons. The van der Waals surface area contributed by atoms with E-state index in [-0.39, 0.29) is 12.1 Å². The van der Waals surface area contributed by atoms with E-state index in [1.54, 1.807) is 38.0 Å². The van der Waals surface area contributed by atoms with Crippen molar-refractivity contribution in [1.29, 1.82) is 0 Å². The molecule has 0 aromatic carbocycles. The predicted molar refractivity (Wildman–Crippen MR) is 101 cm³/mol. The molecule has 0 spiro atoms. The minimum atomic E-state index is -0.753. The number of hydrogen-bond acceptors (Lipinski definition) is 6. The molecule has 0 saturated carbocycles. The summed E-state index contributed by atoms with van der Waals surface area (Å²) >= 11 is 0. The SMILES string of the molecule is CN(C)[C@@H](CCCCN)C(=O)O.CNCCCC[C@@H](C(=O)O)N(C)C. The van der Waals surface area contributed by atoms with Gasteiger partial charge in [0.15, 0.2) is 0 Å². The topological polar surface area (TPSA) is 119 Å². The molecule has 0 aromatic rings. The molecular weight excluding hydrogens is 324 g/mol. The fraction of sp³-hybridized carbons (Fsp3) is 0.882. The number of nitrogens with zero attached hydrogens (tertiary/aromatic N) is 2. The molecule has 0 fully saturated rings. The van der Waals surface area contributed by atoms with E-state index in [9.17, 15) is 9.59 Å². The highest BCUT2D eigenvalue weighted by atomic mass is 16.4. The maximum Gasteiger partial charge on any atom is 0.320 e. The molecule has 5 N–H and O–H groups in total. The van der Waals surface area contributed by atoms with Gasteiger partial charge in [0.1, 0.15) is 12.1 Å². The Kier molecular flexibility index (Phi) is 16.9. The lowest BCUT2D eigenvalue weighted by Crippen LogP contribution is -2.35. The van der Waals surface area contributed by atoms with Gasteiger partial charge in [-0.3, -0.25) is 19.4 Å². The smallest absolute Gasteiger partial charge is 0.320 e. The summed E-state index contributed by atoms with van der Waals surface area (Å²) in [6.45, 7) is 1.60. The minimum absolute atomic E-state index is 0.336. The number of rotatable bonds is 13. The number of carboxylic acid groups (broad SMARTS) is 2. The monoisotopic (exact) mass is 362 g/mol. The van der Waals surface area contributed by atoms with Crippen molar-refractivity contribution in [2.24, 2.45) is 5.73 Å². The molecule has 0 aliphatic heterocycles. The molecule has 0 aliphatic rings. The van der Waals surface area contributed by atoms with Crippen LogP contribution in [0.3, 0.4) is 0 Å². The average Bonchev–Trinajstić information content (AvgIpc) is 2.50. The van der Waals surface area contributed by atoms with E-state index in [0.717, 1.165) is 38.6 Å². The summed E-state index contributed by atoms with van der Waals surface area (Å²) in [5.41, 5.74) is 5.31. The largest absolute Gasteiger partial charge is 0.480 e. The Labute approximate surface area is 152 Å². The van der Waals surface area contributed by atoms with Crippen LogP contribution in [0.4, 0.5) is 0 Å². The van der Waals surface area contributed by atoms with E-state index in [0.29, 0.717) is 13.0 Å². The van der Waals surface area contributed by atoms with Crippen molar-refractivity contribution in [3.8, 4) is 0 Å². The molecule has 0 aliphatic carbocycles. The third-order valence-corrected chi connectivity index (χ3v) is 3.90. The van der Waals surface area contributed by atoms with Gasteiger partial charge >= 0.3 is 11.9 Å². The van der Waals surface area contributed by atoms with Crippen molar-refractivity contribution >= 4 is 11.9 Å². The Bertz CT molecular complexity index is 352. The van der Waals surface area contributed by atoms with Crippen molar-refractivity contribution in [3.63, 3.8) is 0 Å². The highest BCUT2D eigenvalue weighted by Gasteiger charge is 2.19. The van der Waals surface area contributed by atoms with Crippen LogP contribution in [-0.4, -0.2) is 92.4 Å². The highest BCUT2D eigenvalue weighted by molar-refractivity contribution is 5.73. The van der Waals surface area contributed by atoms with E-state index in [2.05, 4.69) is 5.32 Å². The van der Waals surface area contributed by atoms with Gasteiger partial charge in [0.2, 0.25) is 0 Å². The summed E-state index contributed by atoms with van der Waals surface area (Å²) in [5.74, 6) is -1.48. The van der Waals surface area contributed by atoms with Crippen LogP contribution in [0.25, 0.3) is 0 Å². The van der Waals surface area contributed by atoms with Gasteiger partial charge in [0.05, 0.1) is 0 Å². The maximum atomic E-state index is 10.7. The van der Waals surface area contributed by atoms with Crippen molar-refractivity contribution < 1.29 is 19.8 Å². The number of hydrogen-bond donors (Lipinski definition) is 4. The van der Waals surface area contributed by atoms with Crippen LogP contribution >= 0.6 is 0 Å². The van der Waals surface area contributed by atoms with Crippen LogP contribution in [0.15, 0.2) is 0 Å². The fourth-order valence-electron chi connectivity index (χ4n) is 2.33. The van der Waals surface area contributed by atoms with Crippen molar-refractivity contribution in [3.05, 3.63) is 0 Å². The summed E-state index contributed by atoms with van der Waals surface area (Å²) in [4.78, 5) is 24.9. The van der Waals surface area contributed by atoms with Crippen LogP contribution in [0.5, 0.6) is 0 Å². The molecule has 0 heterocycles. The molecule has 2 atom stereocenters. The lowest BCUT2D eigenvalue weighted by molar-refractivity contribution is -0.143. The average molecular weight is 363 g/mol. The van der Waals surface area contributed by atoms with E-state index in [1.165, 1.54) is 0 Å². The zero-order chi connectivity index (χ0) is 19.8. The summed E-state index contributed by atoms with van der Waals surface area (Å²) in [7, 11) is 9.07. The van der Waals surface area contributed by atoms with Gasteiger partial charge < -0.3 is 21.3 Å². The van der Waals surface area contributed by atoms with Gasteiger partial charge in [0, 0.05) is 0 Å². The molecule has 0 bridgehead atoms. The van der Waals surface area contributed by atoms with Gasteiger partial charge in [0.25, 0.3) is 0 Å². The van der Waals surface area contributed by atoms with Gasteiger partial charge in [-0.2, -0.15) is 0 Å². The third-order valence-electron chi connectivity index (χ3n) is 3.90. The van der Waals surface area contributed by atoms with Crippen molar-refractivity contribution in [2.75, 3.05) is 48.3 Å². The minimum Gasteiger partial charge on any atom is -0.480 e. The molecule has 8 nitrogen and oxygen atoms in total. The highest BCUT2D eigenvalue weighted by Crippen LogP contribution is 2.06. The Morgan fingerprint density at radius 1 is 0.880 bits per heavy atom. The normalized spacial score (nSPS) is 13.3. The van der Waals surface area contributed by atoms with Gasteiger partial charge in [-0.15, -0.1) is 0 Å². The second-order valence-electron chi connectivity index (χ2n) is 6.52. The summed E-state index contributed by atoms with van der Waals surface area (Å²) in [6, 6.07) is -0.701. The first-order valence-electron chi connectivity index (χ1n) is 8.82. The van der Waals surface area contributed by atoms with E-state index in [1.807, 2.05) is 7.05 Å².